The maximum atomic E-state index is 11.0. The van der Waals surface area contributed by atoms with Gasteiger partial charge in [-0.3, -0.25) is 4.99 Å². The average Bonchev–Trinajstić information content (AvgIpc) is 2.86. The molecule has 1 aromatic carbocycles. The largest absolute Gasteiger partial charge is 0.494 e. The van der Waals surface area contributed by atoms with Crippen LogP contribution in [0.3, 0.4) is 0 Å². The van der Waals surface area contributed by atoms with Gasteiger partial charge in [-0.25, -0.2) is 0 Å². The van der Waals surface area contributed by atoms with E-state index in [2.05, 4.69) is 44.0 Å². The fraction of sp³-hybridized carbons (Fsp3) is 0.571. The minimum Gasteiger partial charge on any atom is -0.494 e. The zero-order chi connectivity index (χ0) is 18.3. The lowest BCUT2D eigenvalue weighted by molar-refractivity contribution is -0.0238. The summed E-state index contributed by atoms with van der Waals surface area (Å²) in [6, 6.07) is 6.76. The van der Waals surface area contributed by atoms with Crippen LogP contribution in [0.4, 0.5) is 0 Å². The molecule has 1 fully saturated rings. The van der Waals surface area contributed by atoms with Crippen LogP contribution in [-0.4, -0.2) is 48.4 Å². The van der Waals surface area contributed by atoms with Crippen LogP contribution in [0.1, 0.15) is 37.9 Å². The van der Waals surface area contributed by atoms with E-state index in [1.54, 1.807) is 0 Å². The fourth-order valence-electron chi connectivity index (χ4n) is 3.72. The van der Waals surface area contributed by atoms with Crippen LogP contribution in [0, 0.1) is 11.8 Å². The third kappa shape index (κ3) is 3.03. The Labute approximate surface area is 154 Å². The Hall–Kier alpha value is -1.85. The number of aliphatic imine (C=N–C) groups is 1. The Morgan fingerprint density at radius 2 is 2.04 bits per heavy atom. The summed E-state index contributed by atoms with van der Waals surface area (Å²) >= 11 is 0. The van der Waals surface area contributed by atoms with Gasteiger partial charge in [-0.1, -0.05) is 26.8 Å². The van der Waals surface area contributed by atoms with Crippen LogP contribution in [0.5, 0.6) is 5.88 Å². The van der Waals surface area contributed by atoms with Crippen LogP contribution in [-0.2, 0) is 15.9 Å². The maximum Gasteiger partial charge on any atom is 0.201 e. The average molecular weight is 356 g/mol. The fourth-order valence-corrected chi connectivity index (χ4v) is 3.72. The van der Waals surface area contributed by atoms with E-state index < -0.39 is 0 Å². The molecule has 0 bridgehead atoms. The first-order chi connectivity index (χ1) is 12.6. The molecule has 5 nitrogen and oxygen atoms in total. The van der Waals surface area contributed by atoms with Gasteiger partial charge < -0.3 is 19.1 Å². The summed E-state index contributed by atoms with van der Waals surface area (Å²) < 4.78 is 13.0. The van der Waals surface area contributed by atoms with Crippen molar-refractivity contribution in [2.75, 3.05) is 33.0 Å². The predicted molar refractivity (Wildman–Crippen MR) is 103 cm³/mol. The van der Waals surface area contributed by atoms with Crippen molar-refractivity contribution in [3.63, 3.8) is 0 Å². The number of rotatable bonds is 5. The second-order valence-corrected chi connectivity index (χ2v) is 7.92. The predicted octanol–water partition coefficient (Wildman–Crippen LogP) is 3.57. The third-order valence-electron chi connectivity index (χ3n) is 5.79. The molecule has 1 saturated heterocycles. The lowest BCUT2D eigenvalue weighted by Gasteiger charge is -2.29. The second-order valence-electron chi connectivity index (χ2n) is 7.92. The van der Waals surface area contributed by atoms with E-state index >= 15 is 0 Å². The standard InChI is InChI=1S/C21H28N2O3/c1-13(2)14(3)8-15-4-5-19-17(9-15)20(18-12-25-7-6-22-18)21(24)23(19)16-10-26-11-16/h4-5,9,13-14,16,24H,6-8,10-12H2,1-3H3. The summed E-state index contributed by atoms with van der Waals surface area (Å²) in [5.41, 5.74) is 4.05. The van der Waals surface area contributed by atoms with Gasteiger partial charge >= 0.3 is 0 Å². The van der Waals surface area contributed by atoms with Crippen molar-refractivity contribution < 1.29 is 14.6 Å². The number of ether oxygens (including phenoxy) is 2. The zero-order valence-corrected chi connectivity index (χ0v) is 15.9. The molecule has 0 radical (unpaired) electrons. The van der Waals surface area contributed by atoms with E-state index in [0.29, 0.717) is 50.7 Å². The maximum absolute atomic E-state index is 11.0. The summed E-state index contributed by atoms with van der Waals surface area (Å²) in [6.07, 6.45) is 1.04. The van der Waals surface area contributed by atoms with Gasteiger partial charge in [0.1, 0.15) is 0 Å². The molecule has 2 aliphatic rings. The summed E-state index contributed by atoms with van der Waals surface area (Å²) in [4.78, 5) is 4.63. The SMILES string of the molecule is CC(C)C(C)Cc1ccc2c(c1)c(C1=NCCOC1)c(O)n2C1COC1. The molecule has 0 aliphatic carbocycles. The van der Waals surface area contributed by atoms with Gasteiger partial charge in [0, 0.05) is 5.39 Å². The van der Waals surface area contributed by atoms with E-state index in [4.69, 9.17) is 9.47 Å². The van der Waals surface area contributed by atoms with Crippen molar-refractivity contribution >= 4 is 16.6 Å². The molecule has 3 heterocycles. The van der Waals surface area contributed by atoms with Gasteiger partial charge in [-0.15, -0.1) is 0 Å². The van der Waals surface area contributed by atoms with Gasteiger partial charge in [0.2, 0.25) is 5.88 Å². The van der Waals surface area contributed by atoms with Crippen molar-refractivity contribution in [1.82, 2.24) is 4.57 Å². The summed E-state index contributed by atoms with van der Waals surface area (Å²) in [5.74, 6) is 1.56. The zero-order valence-electron chi connectivity index (χ0n) is 15.9. The van der Waals surface area contributed by atoms with Gasteiger partial charge in [0.05, 0.1) is 55.8 Å². The van der Waals surface area contributed by atoms with Crippen molar-refractivity contribution in [2.24, 2.45) is 16.8 Å². The van der Waals surface area contributed by atoms with E-state index in [0.717, 1.165) is 28.6 Å². The number of hydrogen-bond donors (Lipinski definition) is 1. The molecule has 5 heteroatoms. The number of hydrogen-bond acceptors (Lipinski definition) is 4. The highest BCUT2D eigenvalue weighted by atomic mass is 16.5. The van der Waals surface area contributed by atoms with Crippen molar-refractivity contribution in [3.05, 3.63) is 29.3 Å². The second kappa shape index (κ2) is 7.05. The summed E-state index contributed by atoms with van der Waals surface area (Å²) in [7, 11) is 0. The Balaban J connectivity index is 1.83. The van der Waals surface area contributed by atoms with Crippen LogP contribution in [0.15, 0.2) is 23.2 Å². The molecule has 140 valence electrons. The number of benzene rings is 1. The monoisotopic (exact) mass is 356 g/mol. The molecule has 1 atom stereocenters. The third-order valence-corrected chi connectivity index (χ3v) is 5.79. The van der Waals surface area contributed by atoms with Crippen LogP contribution in [0.2, 0.25) is 0 Å². The summed E-state index contributed by atoms with van der Waals surface area (Å²) in [6.45, 7) is 9.87. The summed E-state index contributed by atoms with van der Waals surface area (Å²) in [5, 5.41) is 12.1. The van der Waals surface area contributed by atoms with Gasteiger partial charge in [-0.05, 0) is 36.0 Å². The minimum absolute atomic E-state index is 0.191. The van der Waals surface area contributed by atoms with Crippen molar-refractivity contribution in [3.8, 4) is 5.88 Å². The Kier molecular flexibility index (Phi) is 4.76. The first-order valence-electron chi connectivity index (χ1n) is 9.61. The van der Waals surface area contributed by atoms with Crippen LogP contribution >= 0.6 is 0 Å². The number of fused-ring (bicyclic) bond motifs is 1. The Morgan fingerprint density at radius 1 is 1.23 bits per heavy atom. The van der Waals surface area contributed by atoms with E-state index in [1.807, 2.05) is 4.57 Å². The molecule has 2 aromatic rings. The molecular weight excluding hydrogens is 328 g/mol. The molecule has 1 aromatic heterocycles. The molecule has 2 aliphatic heterocycles. The normalized spacial score (nSPS) is 19.6. The van der Waals surface area contributed by atoms with E-state index in [9.17, 15) is 5.11 Å². The Bertz CT molecular complexity index is 833. The quantitative estimate of drug-likeness (QED) is 0.891. The molecule has 4 rings (SSSR count). The molecule has 26 heavy (non-hydrogen) atoms. The highest BCUT2D eigenvalue weighted by Gasteiger charge is 2.30. The number of nitrogens with zero attached hydrogens (tertiary/aromatic N) is 2. The van der Waals surface area contributed by atoms with Crippen molar-refractivity contribution in [2.45, 2.75) is 33.2 Å². The van der Waals surface area contributed by atoms with Gasteiger partial charge in [0.15, 0.2) is 0 Å². The first-order valence-corrected chi connectivity index (χ1v) is 9.61. The number of aromatic nitrogens is 1. The van der Waals surface area contributed by atoms with Gasteiger partial charge in [0.25, 0.3) is 0 Å². The minimum atomic E-state index is 0.191. The highest BCUT2D eigenvalue weighted by Crippen LogP contribution is 2.38. The van der Waals surface area contributed by atoms with Crippen LogP contribution < -0.4 is 0 Å². The molecule has 0 saturated carbocycles. The molecule has 0 spiro atoms. The Morgan fingerprint density at radius 3 is 2.65 bits per heavy atom. The molecule has 0 amide bonds. The molecule has 1 N–H and O–H groups in total. The van der Waals surface area contributed by atoms with Crippen LogP contribution in [0.25, 0.3) is 10.9 Å². The lowest BCUT2D eigenvalue weighted by Crippen LogP contribution is -2.30. The van der Waals surface area contributed by atoms with Gasteiger partial charge in [-0.2, -0.15) is 0 Å². The lowest BCUT2D eigenvalue weighted by atomic mass is 9.90. The topological polar surface area (TPSA) is 56.0 Å². The first kappa shape index (κ1) is 17.6. The molecular formula is C21H28N2O3. The smallest absolute Gasteiger partial charge is 0.201 e. The van der Waals surface area contributed by atoms with E-state index in [1.165, 1.54) is 5.56 Å². The van der Waals surface area contributed by atoms with Crippen molar-refractivity contribution in [1.29, 1.82) is 0 Å². The van der Waals surface area contributed by atoms with E-state index in [-0.39, 0.29) is 6.04 Å². The number of aromatic hydroxyl groups is 1. The highest BCUT2D eigenvalue weighted by molar-refractivity contribution is 6.14. The molecule has 1 unspecified atom stereocenters.